The molecule has 0 bridgehead atoms. The van der Waals surface area contributed by atoms with Gasteiger partial charge in [0.2, 0.25) is 0 Å². The summed E-state index contributed by atoms with van der Waals surface area (Å²) >= 11 is 18.6. The fraction of sp³-hybridized carbons (Fsp3) is 0. The summed E-state index contributed by atoms with van der Waals surface area (Å²) in [6.45, 7) is 0. The molecule has 0 unspecified atom stereocenters. The second kappa shape index (κ2) is 5.70. The minimum absolute atomic E-state index is 0.0166. The predicted octanol–water partition coefficient (Wildman–Crippen LogP) is 3.93. The van der Waals surface area contributed by atoms with Crippen LogP contribution in [0, 0.1) is 11.3 Å². The van der Waals surface area contributed by atoms with Gasteiger partial charge in [0.25, 0.3) is 0 Å². The molecule has 114 valence electrons. The minimum Gasteiger partial charge on any atom is -0.477 e. The number of aromatic carboxylic acids is 1. The zero-order chi connectivity index (χ0) is 16.7. The first-order valence-corrected chi connectivity index (χ1v) is 7.23. The molecule has 3 aromatic rings. The quantitative estimate of drug-likeness (QED) is 0.693. The van der Waals surface area contributed by atoms with E-state index in [4.69, 9.17) is 45.2 Å². The smallest absolute Gasteiger partial charge is 0.341 e. The van der Waals surface area contributed by atoms with Gasteiger partial charge in [0, 0.05) is 10.6 Å². The molecule has 0 spiro atoms. The van der Waals surface area contributed by atoms with Crippen molar-refractivity contribution in [2.45, 2.75) is 0 Å². The Labute approximate surface area is 144 Å². The Kier molecular flexibility index (Phi) is 3.86. The van der Waals surface area contributed by atoms with Crippen molar-refractivity contribution >= 4 is 46.4 Å². The summed E-state index contributed by atoms with van der Waals surface area (Å²) in [5, 5.41) is 22.2. The molecule has 0 fully saturated rings. The highest BCUT2D eigenvalue weighted by Crippen LogP contribution is 2.38. The van der Waals surface area contributed by atoms with Gasteiger partial charge >= 0.3 is 5.97 Å². The van der Waals surface area contributed by atoms with E-state index in [0.717, 1.165) is 6.20 Å². The van der Waals surface area contributed by atoms with Crippen LogP contribution >= 0.6 is 34.8 Å². The molecule has 0 aliphatic heterocycles. The fourth-order valence-electron chi connectivity index (χ4n) is 2.09. The summed E-state index contributed by atoms with van der Waals surface area (Å²) in [6.07, 6.45) is 1.14. The second-order valence-electron chi connectivity index (χ2n) is 4.47. The van der Waals surface area contributed by atoms with Crippen LogP contribution in [0.25, 0.3) is 16.8 Å². The SMILES string of the molecule is N#Cc1ccc(-c2c(Cl)nc3c(C(=O)O)cnn3c2Cl)c(Cl)c1. The van der Waals surface area contributed by atoms with Gasteiger partial charge in [-0.1, -0.05) is 40.9 Å². The van der Waals surface area contributed by atoms with Crippen molar-refractivity contribution in [1.82, 2.24) is 14.6 Å². The van der Waals surface area contributed by atoms with Gasteiger partial charge in [-0.25, -0.2) is 14.3 Å². The summed E-state index contributed by atoms with van der Waals surface area (Å²) in [4.78, 5) is 15.2. The highest BCUT2D eigenvalue weighted by molar-refractivity contribution is 6.40. The van der Waals surface area contributed by atoms with E-state index in [1.54, 1.807) is 12.1 Å². The van der Waals surface area contributed by atoms with Crippen molar-refractivity contribution in [3.8, 4) is 17.2 Å². The van der Waals surface area contributed by atoms with Crippen LogP contribution in [0.1, 0.15) is 15.9 Å². The molecule has 23 heavy (non-hydrogen) atoms. The summed E-state index contributed by atoms with van der Waals surface area (Å²) in [5.74, 6) is -1.19. The number of hydrogen-bond acceptors (Lipinski definition) is 4. The average molecular weight is 368 g/mol. The van der Waals surface area contributed by atoms with Gasteiger partial charge < -0.3 is 5.11 Å². The first-order chi connectivity index (χ1) is 10.9. The van der Waals surface area contributed by atoms with Crippen molar-refractivity contribution in [3.63, 3.8) is 0 Å². The molecular formula is C14H5Cl3N4O2. The number of carbonyl (C=O) groups is 1. The molecule has 0 radical (unpaired) electrons. The lowest BCUT2D eigenvalue weighted by Gasteiger charge is -2.10. The van der Waals surface area contributed by atoms with Gasteiger partial charge in [0.05, 0.1) is 23.4 Å². The van der Waals surface area contributed by atoms with E-state index in [1.165, 1.54) is 10.6 Å². The topological polar surface area (TPSA) is 91.3 Å². The molecule has 2 heterocycles. The molecule has 0 aliphatic carbocycles. The molecule has 0 aliphatic rings. The van der Waals surface area contributed by atoms with Gasteiger partial charge in [-0.3, -0.25) is 0 Å². The van der Waals surface area contributed by atoms with Crippen LogP contribution in [0.5, 0.6) is 0 Å². The number of aromatic nitrogens is 3. The van der Waals surface area contributed by atoms with Crippen LogP contribution in [-0.2, 0) is 0 Å². The third kappa shape index (κ3) is 2.49. The number of fused-ring (bicyclic) bond motifs is 1. The summed E-state index contributed by atoms with van der Waals surface area (Å²) < 4.78 is 1.17. The van der Waals surface area contributed by atoms with Crippen molar-refractivity contribution in [3.05, 3.63) is 50.9 Å². The molecule has 0 saturated carbocycles. The van der Waals surface area contributed by atoms with E-state index in [-0.39, 0.29) is 26.5 Å². The first-order valence-electron chi connectivity index (χ1n) is 6.10. The maximum atomic E-state index is 11.1. The Hall–Kier alpha value is -2.33. The average Bonchev–Trinajstić information content (AvgIpc) is 2.92. The molecular weight excluding hydrogens is 363 g/mol. The monoisotopic (exact) mass is 366 g/mol. The van der Waals surface area contributed by atoms with E-state index >= 15 is 0 Å². The standard InChI is InChI=1S/C14H5Cl3N4O2/c15-9-3-6(4-18)1-2-7(9)10-11(16)20-13-8(14(22)23)5-19-21(13)12(10)17/h1-3,5H,(H,22,23). The third-order valence-electron chi connectivity index (χ3n) is 3.14. The molecule has 1 aromatic carbocycles. The molecule has 0 saturated heterocycles. The molecule has 0 atom stereocenters. The third-order valence-corrected chi connectivity index (χ3v) is 4.08. The summed E-state index contributed by atoms with van der Waals surface area (Å²) in [7, 11) is 0. The zero-order valence-corrected chi connectivity index (χ0v) is 13.4. The van der Waals surface area contributed by atoms with Crippen LogP contribution < -0.4 is 0 Å². The second-order valence-corrected chi connectivity index (χ2v) is 5.60. The summed E-state index contributed by atoms with van der Waals surface area (Å²) in [5.41, 5.74) is 1.05. The number of benzene rings is 1. The number of nitriles is 1. The van der Waals surface area contributed by atoms with Gasteiger partial charge in [0.1, 0.15) is 15.9 Å². The molecule has 6 nitrogen and oxygen atoms in total. The first kappa shape index (κ1) is 15.6. The Morgan fingerprint density at radius 1 is 1.30 bits per heavy atom. The Bertz CT molecular complexity index is 1010. The van der Waals surface area contributed by atoms with E-state index < -0.39 is 5.97 Å². The lowest BCUT2D eigenvalue weighted by atomic mass is 10.1. The molecule has 0 amide bonds. The zero-order valence-electron chi connectivity index (χ0n) is 11.1. The van der Waals surface area contributed by atoms with E-state index in [9.17, 15) is 4.79 Å². The highest BCUT2D eigenvalue weighted by atomic mass is 35.5. The van der Waals surface area contributed by atoms with E-state index in [1.807, 2.05) is 6.07 Å². The van der Waals surface area contributed by atoms with Crippen LogP contribution in [0.3, 0.4) is 0 Å². The Morgan fingerprint density at radius 3 is 2.65 bits per heavy atom. The van der Waals surface area contributed by atoms with E-state index in [0.29, 0.717) is 16.7 Å². The van der Waals surface area contributed by atoms with Gasteiger partial charge in [-0.15, -0.1) is 0 Å². The van der Waals surface area contributed by atoms with Crippen LogP contribution in [-0.4, -0.2) is 25.7 Å². The Balaban J connectivity index is 2.31. The predicted molar refractivity (Wildman–Crippen MR) is 85.1 cm³/mol. The Morgan fingerprint density at radius 2 is 2.04 bits per heavy atom. The summed E-state index contributed by atoms with van der Waals surface area (Å²) in [6, 6.07) is 6.59. The molecule has 3 rings (SSSR count). The van der Waals surface area contributed by atoms with E-state index in [2.05, 4.69) is 10.1 Å². The number of halogens is 3. The van der Waals surface area contributed by atoms with Crippen LogP contribution in [0.2, 0.25) is 15.3 Å². The minimum atomic E-state index is -1.19. The number of carboxylic acid groups (broad SMARTS) is 1. The van der Waals surface area contributed by atoms with Gasteiger partial charge in [0.15, 0.2) is 5.65 Å². The van der Waals surface area contributed by atoms with Crippen LogP contribution in [0.15, 0.2) is 24.4 Å². The van der Waals surface area contributed by atoms with Crippen molar-refractivity contribution < 1.29 is 9.90 Å². The van der Waals surface area contributed by atoms with Gasteiger partial charge in [-0.2, -0.15) is 10.4 Å². The van der Waals surface area contributed by atoms with Crippen LogP contribution in [0.4, 0.5) is 0 Å². The van der Waals surface area contributed by atoms with Gasteiger partial charge in [-0.05, 0) is 12.1 Å². The highest BCUT2D eigenvalue weighted by Gasteiger charge is 2.21. The van der Waals surface area contributed by atoms with Crippen molar-refractivity contribution in [1.29, 1.82) is 5.26 Å². The maximum absolute atomic E-state index is 11.1. The molecule has 9 heteroatoms. The number of hydrogen-bond donors (Lipinski definition) is 1. The largest absolute Gasteiger partial charge is 0.477 e. The number of carboxylic acids is 1. The molecule has 1 N–H and O–H groups in total. The number of nitrogens with zero attached hydrogens (tertiary/aromatic N) is 4. The normalized spacial score (nSPS) is 10.7. The lowest BCUT2D eigenvalue weighted by molar-refractivity contribution is 0.0699. The van der Waals surface area contributed by atoms with Crippen molar-refractivity contribution in [2.75, 3.05) is 0 Å². The maximum Gasteiger partial charge on any atom is 0.341 e. The lowest BCUT2D eigenvalue weighted by Crippen LogP contribution is -2.01. The fourth-order valence-corrected chi connectivity index (χ4v) is 3.00. The van der Waals surface area contributed by atoms with Crippen molar-refractivity contribution in [2.24, 2.45) is 0 Å². The molecule has 2 aromatic heterocycles. The number of rotatable bonds is 2.